The number of nitrogens with zero attached hydrogens (tertiary/aromatic N) is 4. The van der Waals surface area contributed by atoms with Crippen LogP contribution in [0.4, 0.5) is 0 Å². The Kier molecular flexibility index (Phi) is 2.63. The topological polar surface area (TPSA) is 55.1 Å². The molecule has 0 spiro atoms. The first-order valence-electron chi connectivity index (χ1n) is 6.12. The van der Waals surface area contributed by atoms with Crippen molar-refractivity contribution in [2.45, 2.75) is 45.1 Å². The Morgan fingerprint density at radius 3 is 2.88 bits per heavy atom. The number of fused-ring (bicyclic) bond motifs is 1. The maximum Gasteiger partial charge on any atom is 0.234 e. The summed E-state index contributed by atoms with van der Waals surface area (Å²) >= 11 is 1.67. The van der Waals surface area contributed by atoms with E-state index >= 15 is 0 Å². The van der Waals surface area contributed by atoms with Crippen LogP contribution in [0.15, 0.2) is 0 Å². The van der Waals surface area contributed by atoms with Crippen LogP contribution in [0.1, 0.15) is 49.9 Å². The van der Waals surface area contributed by atoms with Gasteiger partial charge in [0, 0.05) is 17.9 Å². The molecule has 3 heterocycles. The second-order valence-corrected chi connectivity index (χ2v) is 5.97. The minimum Gasteiger partial charge on any atom is -0.314 e. The fraction of sp³-hybridized carbons (Fsp3) is 0.727. The van der Waals surface area contributed by atoms with Gasteiger partial charge >= 0.3 is 0 Å². The zero-order chi connectivity index (χ0) is 12.0. The van der Waals surface area contributed by atoms with Gasteiger partial charge in [0.2, 0.25) is 4.96 Å². The first-order valence-corrected chi connectivity index (χ1v) is 6.94. The van der Waals surface area contributed by atoms with E-state index in [2.05, 4.69) is 36.3 Å². The summed E-state index contributed by atoms with van der Waals surface area (Å²) in [4.78, 5) is 0.919. The average Bonchev–Trinajstić information content (AvgIpc) is 2.89. The predicted octanol–water partition coefficient (Wildman–Crippen LogP) is 1.77. The van der Waals surface area contributed by atoms with Gasteiger partial charge < -0.3 is 5.32 Å². The van der Waals surface area contributed by atoms with Crippen molar-refractivity contribution in [3.63, 3.8) is 0 Å². The fourth-order valence-corrected chi connectivity index (χ4v) is 3.44. The summed E-state index contributed by atoms with van der Waals surface area (Å²) in [6.07, 6.45) is 1.17. The van der Waals surface area contributed by atoms with E-state index in [4.69, 9.17) is 5.10 Å². The normalized spacial score (nSPS) is 25.2. The van der Waals surface area contributed by atoms with Crippen molar-refractivity contribution in [3.8, 4) is 0 Å². The van der Waals surface area contributed by atoms with Crippen molar-refractivity contribution in [3.05, 3.63) is 10.8 Å². The lowest BCUT2D eigenvalue weighted by Crippen LogP contribution is -2.21. The maximum atomic E-state index is 4.70. The molecule has 0 saturated carbocycles. The van der Waals surface area contributed by atoms with Crippen LogP contribution in [-0.4, -0.2) is 32.4 Å². The third kappa shape index (κ3) is 1.75. The predicted molar refractivity (Wildman–Crippen MR) is 67.6 cm³/mol. The van der Waals surface area contributed by atoms with Crippen molar-refractivity contribution in [1.82, 2.24) is 25.1 Å². The van der Waals surface area contributed by atoms with Gasteiger partial charge in [-0.3, -0.25) is 0 Å². The minimum atomic E-state index is 0.360. The van der Waals surface area contributed by atoms with Crippen LogP contribution in [0.5, 0.6) is 0 Å². The van der Waals surface area contributed by atoms with E-state index < -0.39 is 0 Å². The molecule has 2 atom stereocenters. The van der Waals surface area contributed by atoms with E-state index in [9.17, 15) is 0 Å². The highest BCUT2D eigenvalue weighted by Crippen LogP contribution is 2.31. The number of nitrogens with one attached hydrogen (secondary N) is 1. The van der Waals surface area contributed by atoms with Crippen LogP contribution < -0.4 is 5.32 Å². The molecule has 2 aromatic rings. The summed E-state index contributed by atoms with van der Waals surface area (Å²) < 4.78 is 1.91. The van der Waals surface area contributed by atoms with Gasteiger partial charge in [-0.15, -0.1) is 10.2 Å². The lowest BCUT2D eigenvalue weighted by molar-refractivity contribution is 0.581. The summed E-state index contributed by atoms with van der Waals surface area (Å²) in [7, 11) is 0. The van der Waals surface area contributed by atoms with Gasteiger partial charge in [-0.1, -0.05) is 25.2 Å². The number of aromatic nitrogens is 4. The molecule has 1 saturated heterocycles. The van der Waals surface area contributed by atoms with Gasteiger partial charge in [0.1, 0.15) is 5.01 Å². The Labute approximate surface area is 104 Å². The van der Waals surface area contributed by atoms with Gasteiger partial charge in [0.05, 0.1) is 0 Å². The van der Waals surface area contributed by atoms with Crippen LogP contribution in [0.25, 0.3) is 4.96 Å². The molecule has 3 rings (SSSR count). The molecule has 0 bridgehead atoms. The largest absolute Gasteiger partial charge is 0.314 e. The number of rotatable bonds is 2. The quantitative estimate of drug-likeness (QED) is 0.884. The van der Waals surface area contributed by atoms with Crippen molar-refractivity contribution in [2.24, 2.45) is 0 Å². The minimum absolute atomic E-state index is 0.360. The van der Waals surface area contributed by atoms with E-state index in [1.807, 2.05) is 4.52 Å². The zero-order valence-corrected chi connectivity index (χ0v) is 11.2. The Morgan fingerprint density at radius 2 is 2.24 bits per heavy atom. The second-order valence-electron chi connectivity index (χ2n) is 4.99. The second kappa shape index (κ2) is 4.03. The average molecular weight is 251 g/mol. The molecule has 0 aliphatic carbocycles. The summed E-state index contributed by atoms with van der Waals surface area (Å²) in [5.41, 5.74) is 0. The molecule has 2 aromatic heterocycles. The van der Waals surface area contributed by atoms with Crippen molar-refractivity contribution in [1.29, 1.82) is 0 Å². The van der Waals surface area contributed by atoms with Gasteiger partial charge in [0.15, 0.2) is 5.82 Å². The summed E-state index contributed by atoms with van der Waals surface area (Å²) in [5.74, 6) is 1.85. The van der Waals surface area contributed by atoms with Crippen LogP contribution in [0.3, 0.4) is 0 Å². The number of hydrogen-bond acceptors (Lipinski definition) is 5. The highest BCUT2D eigenvalue weighted by molar-refractivity contribution is 7.16. The van der Waals surface area contributed by atoms with Crippen molar-refractivity contribution < 1.29 is 0 Å². The summed E-state index contributed by atoms with van der Waals surface area (Å²) in [6, 6.07) is 0.515. The summed E-state index contributed by atoms with van der Waals surface area (Å²) in [6.45, 7) is 7.55. The van der Waals surface area contributed by atoms with E-state index in [-0.39, 0.29) is 0 Å². The molecule has 92 valence electrons. The Morgan fingerprint density at radius 1 is 1.41 bits per heavy atom. The molecule has 0 aromatic carbocycles. The highest BCUT2D eigenvalue weighted by Gasteiger charge is 2.28. The van der Waals surface area contributed by atoms with Crippen LogP contribution in [0, 0.1) is 0 Å². The molecule has 0 radical (unpaired) electrons. The molecule has 6 heteroatoms. The lowest BCUT2D eigenvalue weighted by Gasteiger charge is -2.10. The third-order valence-corrected chi connectivity index (χ3v) is 4.42. The first kappa shape index (κ1) is 11.1. The van der Waals surface area contributed by atoms with E-state index in [0.717, 1.165) is 17.3 Å². The van der Waals surface area contributed by atoms with Crippen LogP contribution >= 0.6 is 11.3 Å². The monoisotopic (exact) mass is 251 g/mol. The van der Waals surface area contributed by atoms with Crippen molar-refractivity contribution >= 4 is 16.3 Å². The van der Waals surface area contributed by atoms with E-state index in [0.29, 0.717) is 17.9 Å². The van der Waals surface area contributed by atoms with Crippen molar-refractivity contribution in [2.75, 3.05) is 6.54 Å². The molecule has 5 nitrogen and oxygen atoms in total. The molecule has 0 amide bonds. The SMILES string of the molecule is CC(C)c1nnc2sc(C3CCNC3C)nn12. The van der Waals surface area contributed by atoms with E-state index in [1.165, 1.54) is 11.4 Å². The summed E-state index contributed by atoms with van der Waals surface area (Å²) in [5, 5.41) is 17.7. The van der Waals surface area contributed by atoms with Crippen LogP contribution in [0.2, 0.25) is 0 Å². The molecule has 1 aliphatic heterocycles. The standard InChI is InChI=1S/C11H17N5S/c1-6(2)9-13-14-11-16(9)15-10(17-11)8-4-5-12-7(8)3/h6-8,12H,4-5H2,1-3H3. The maximum absolute atomic E-state index is 4.70. The van der Waals surface area contributed by atoms with Gasteiger partial charge in [-0.05, 0) is 19.9 Å². The Balaban J connectivity index is 2.02. The highest BCUT2D eigenvalue weighted by atomic mass is 32.1. The molecule has 17 heavy (non-hydrogen) atoms. The fourth-order valence-electron chi connectivity index (χ4n) is 2.35. The smallest absolute Gasteiger partial charge is 0.234 e. The molecule has 1 aliphatic rings. The third-order valence-electron chi connectivity index (χ3n) is 3.39. The van der Waals surface area contributed by atoms with E-state index in [1.54, 1.807) is 11.3 Å². The zero-order valence-electron chi connectivity index (χ0n) is 10.3. The van der Waals surface area contributed by atoms with Gasteiger partial charge in [-0.25, -0.2) is 0 Å². The molecular weight excluding hydrogens is 234 g/mol. The number of hydrogen-bond donors (Lipinski definition) is 1. The first-order chi connectivity index (χ1) is 8.16. The Hall–Kier alpha value is -1.01. The molecule has 2 unspecified atom stereocenters. The van der Waals surface area contributed by atoms with Gasteiger partial charge in [0.25, 0.3) is 0 Å². The molecular formula is C11H17N5S. The molecule has 1 fully saturated rings. The Bertz CT molecular complexity index is 529. The van der Waals surface area contributed by atoms with Crippen LogP contribution in [-0.2, 0) is 0 Å². The molecule has 1 N–H and O–H groups in total. The van der Waals surface area contributed by atoms with Gasteiger partial charge in [-0.2, -0.15) is 9.61 Å². The lowest BCUT2D eigenvalue weighted by atomic mass is 10.0.